The Morgan fingerprint density at radius 2 is 1.87 bits per heavy atom. The molecule has 1 aliphatic rings. The summed E-state index contributed by atoms with van der Waals surface area (Å²) in [5.41, 5.74) is 8.79. The minimum Gasteiger partial charge on any atom is -0.485 e. The number of halogens is 3. The number of nitrogens with zero attached hydrogens (tertiary/aromatic N) is 3. The molecule has 8 nitrogen and oxygen atoms in total. The fraction of sp³-hybridized carbons (Fsp3) is 0.393. The highest BCUT2D eigenvalue weighted by Crippen LogP contribution is 2.41. The van der Waals surface area contributed by atoms with Crippen molar-refractivity contribution in [1.82, 2.24) is 14.7 Å². The van der Waals surface area contributed by atoms with Gasteiger partial charge in [-0.2, -0.15) is 18.3 Å². The summed E-state index contributed by atoms with van der Waals surface area (Å²) in [6.07, 6.45) is 0.221. The lowest BCUT2D eigenvalue weighted by Crippen LogP contribution is -2.37. The minimum absolute atomic E-state index is 0.114. The van der Waals surface area contributed by atoms with Gasteiger partial charge in [-0.15, -0.1) is 0 Å². The van der Waals surface area contributed by atoms with Gasteiger partial charge in [-0.25, -0.2) is 4.68 Å². The van der Waals surface area contributed by atoms with Crippen LogP contribution in [0, 0.1) is 25.2 Å². The lowest BCUT2D eigenvalue weighted by atomic mass is 9.78. The smallest absolute Gasteiger partial charge is 0.419 e. The van der Waals surface area contributed by atoms with Crippen LogP contribution in [-0.2, 0) is 17.5 Å². The van der Waals surface area contributed by atoms with Crippen molar-refractivity contribution in [1.29, 1.82) is 5.41 Å². The van der Waals surface area contributed by atoms with Crippen molar-refractivity contribution in [3.05, 3.63) is 76.6 Å². The number of aryl methyl sites for hydroxylation is 2. The van der Waals surface area contributed by atoms with Crippen molar-refractivity contribution >= 4 is 11.9 Å². The maximum Gasteiger partial charge on any atom is 0.419 e. The highest BCUT2D eigenvalue weighted by Gasteiger charge is 2.33. The lowest BCUT2D eigenvalue weighted by Gasteiger charge is -2.34. The van der Waals surface area contributed by atoms with Gasteiger partial charge in [0.2, 0.25) is 0 Å². The predicted molar refractivity (Wildman–Crippen MR) is 140 cm³/mol. The van der Waals surface area contributed by atoms with Crippen molar-refractivity contribution in [3.8, 4) is 11.4 Å². The Balaban J connectivity index is 1.53. The lowest BCUT2D eigenvalue weighted by molar-refractivity contribution is -0.138. The van der Waals surface area contributed by atoms with E-state index in [1.54, 1.807) is 0 Å². The molecule has 4 N–H and O–H groups in total. The maximum atomic E-state index is 13.1. The molecule has 0 spiro atoms. The number of hydrogen-bond acceptors (Lipinski definition) is 4. The monoisotopic (exact) mass is 543 g/mol. The molecule has 0 amide bonds. The number of rotatable bonds is 10. The van der Waals surface area contributed by atoms with E-state index in [2.05, 4.69) is 5.10 Å². The number of hydrogen-bond donors (Lipinski definition) is 3. The van der Waals surface area contributed by atoms with Gasteiger partial charge in [-0.05, 0) is 61.1 Å². The fourth-order valence-electron chi connectivity index (χ4n) is 4.81. The van der Waals surface area contributed by atoms with E-state index >= 15 is 0 Å². The maximum absolute atomic E-state index is 13.1. The van der Waals surface area contributed by atoms with Gasteiger partial charge in [0, 0.05) is 25.2 Å². The molecule has 1 aromatic heterocycles. The third-order valence-corrected chi connectivity index (χ3v) is 7.06. The van der Waals surface area contributed by atoms with Crippen LogP contribution in [-0.4, -0.2) is 38.3 Å². The summed E-state index contributed by atoms with van der Waals surface area (Å²) in [6.45, 7) is 4.11. The van der Waals surface area contributed by atoms with E-state index in [0.29, 0.717) is 23.9 Å². The second-order valence-corrected chi connectivity index (χ2v) is 10.00. The van der Waals surface area contributed by atoms with Gasteiger partial charge in [-0.3, -0.25) is 10.2 Å². The third kappa shape index (κ3) is 6.71. The molecular weight excluding hydrogens is 511 g/mol. The van der Waals surface area contributed by atoms with Gasteiger partial charge < -0.3 is 20.5 Å². The summed E-state index contributed by atoms with van der Waals surface area (Å²) in [4.78, 5) is 12.4. The molecule has 3 aromatic rings. The molecule has 0 saturated heterocycles. The molecular formula is C28H32F3N5O3. The van der Waals surface area contributed by atoms with Crippen molar-refractivity contribution in [3.63, 3.8) is 0 Å². The van der Waals surface area contributed by atoms with E-state index in [9.17, 15) is 18.0 Å². The van der Waals surface area contributed by atoms with Gasteiger partial charge in [-0.1, -0.05) is 30.7 Å². The van der Waals surface area contributed by atoms with Crippen LogP contribution in [0.25, 0.3) is 5.69 Å². The summed E-state index contributed by atoms with van der Waals surface area (Å²) >= 11 is 0. The highest BCUT2D eigenvalue weighted by molar-refractivity contribution is 5.75. The molecule has 0 aliphatic heterocycles. The molecule has 1 atom stereocenters. The second kappa shape index (κ2) is 11.4. The Labute approximate surface area is 224 Å². The van der Waals surface area contributed by atoms with Gasteiger partial charge in [0.25, 0.3) is 0 Å². The van der Waals surface area contributed by atoms with E-state index in [1.807, 2.05) is 50.2 Å². The second-order valence-electron chi connectivity index (χ2n) is 10.00. The highest BCUT2D eigenvalue weighted by atomic mass is 19.4. The number of nitrogens with one attached hydrogen (secondary N) is 1. The van der Waals surface area contributed by atoms with Crippen molar-refractivity contribution in [2.45, 2.75) is 58.4 Å². The number of benzene rings is 2. The normalized spacial score (nSPS) is 14.5. The van der Waals surface area contributed by atoms with Gasteiger partial charge in [0.05, 0.1) is 23.9 Å². The van der Waals surface area contributed by atoms with Gasteiger partial charge in [0.1, 0.15) is 11.9 Å². The predicted octanol–water partition coefficient (Wildman–Crippen LogP) is 5.60. The average molecular weight is 544 g/mol. The van der Waals surface area contributed by atoms with Crippen LogP contribution < -0.4 is 10.5 Å². The zero-order valence-corrected chi connectivity index (χ0v) is 21.8. The molecule has 1 unspecified atom stereocenters. The van der Waals surface area contributed by atoms with Crippen LogP contribution in [0.5, 0.6) is 5.75 Å². The number of carboxylic acids is 1. The van der Waals surface area contributed by atoms with Crippen LogP contribution in [0.4, 0.5) is 13.2 Å². The van der Waals surface area contributed by atoms with E-state index in [1.165, 1.54) is 9.58 Å². The summed E-state index contributed by atoms with van der Waals surface area (Å²) < 4.78 is 47.0. The summed E-state index contributed by atoms with van der Waals surface area (Å²) in [5, 5.41) is 20.6. The quantitative estimate of drug-likeness (QED) is 0.226. The number of carboxylic acid groups (broad SMARTS) is 1. The SMILES string of the molecule is Cc1cc(OC(c2ccc(CN(CCC(=O)O)C(=N)N)cc2)C2CCC2)cc(C)c1-n1cc(C(F)(F)F)cn1. The first kappa shape index (κ1) is 28.0. The van der Waals surface area contributed by atoms with Crippen LogP contribution in [0.3, 0.4) is 0 Å². The Kier molecular flexibility index (Phi) is 8.17. The van der Waals surface area contributed by atoms with Crippen LogP contribution in [0.15, 0.2) is 48.8 Å². The molecule has 39 heavy (non-hydrogen) atoms. The Hall–Kier alpha value is -4.02. The number of aromatic nitrogens is 2. The van der Waals surface area contributed by atoms with Crippen LogP contribution >= 0.6 is 0 Å². The summed E-state index contributed by atoms with van der Waals surface area (Å²) in [7, 11) is 0. The first-order valence-electron chi connectivity index (χ1n) is 12.7. The summed E-state index contributed by atoms with van der Waals surface area (Å²) in [6, 6.07) is 11.5. The number of guanidine groups is 1. The van der Waals surface area contributed by atoms with Crippen LogP contribution in [0.1, 0.15) is 59.6 Å². The molecule has 1 aliphatic carbocycles. The first-order valence-corrected chi connectivity index (χ1v) is 12.7. The Bertz CT molecular complexity index is 1310. The van der Waals surface area contributed by atoms with Crippen molar-refractivity contribution in [2.24, 2.45) is 11.7 Å². The Morgan fingerprint density at radius 3 is 2.36 bits per heavy atom. The number of nitrogens with two attached hydrogens (primary N) is 1. The van der Waals surface area contributed by atoms with E-state index in [4.69, 9.17) is 21.0 Å². The zero-order chi connectivity index (χ0) is 28.3. The molecule has 0 radical (unpaired) electrons. The zero-order valence-electron chi connectivity index (χ0n) is 21.8. The molecule has 208 valence electrons. The third-order valence-electron chi connectivity index (χ3n) is 7.06. The van der Waals surface area contributed by atoms with E-state index < -0.39 is 17.7 Å². The largest absolute Gasteiger partial charge is 0.485 e. The molecule has 11 heteroatoms. The fourth-order valence-corrected chi connectivity index (χ4v) is 4.81. The van der Waals surface area contributed by atoms with Crippen LogP contribution in [0.2, 0.25) is 0 Å². The summed E-state index contributed by atoms with van der Waals surface area (Å²) in [5.74, 6) is -0.170. The van der Waals surface area contributed by atoms with Gasteiger partial charge in [0.15, 0.2) is 5.96 Å². The average Bonchev–Trinajstić information content (AvgIpc) is 3.30. The van der Waals surface area contributed by atoms with Crippen molar-refractivity contribution in [2.75, 3.05) is 6.54 Å². The number of aliphatic carboxylic acids is 1. The molecule has 1 fully saturated rings. The van der Waals surface area contributed by atoms with Gasteiger partial charge >= 0.3 is 12.1 Å². The minimum atomic E-state index is -4.46. The Morgan fingerprint density at radius 1 is 1.23 bits per heavy atom. The number of alkyl halides is 3. The molecule has 0 bridgehead atoms. The van der Waals surface area contributed by atoms with E-state index in [-0.39, 0.29) is 25.0 Å². The molecule has 1 heterocycles. The first-order chi connectivity index (χ1) is 18.4. The number of ether oxygens (including phenoxy) is 1. The topological polar surface area (TPSA) is 117 Å². The number of carbonyl (C=O) groups is 1. The van der Waals surface area contributed by atoms with Crippen molar-refractivity contribution < 1.29 is 27.8 Å². The standard InChI is InChI=1S/C28H32F3N5O3/c1-17-12-23(13-18(2)25(17)36-16-22(14-34-36)28(29,30)31)39-26(20-4-3-5-20)21-8-6-19(7-9-21)15-35(27(32)33)11-10-24(37)38/h6-9,12-14,16,20,26H,3-5,10-11,15H2,1-2H3,(H3,32,33)(H,37,38). The van der Waals surface area contributed by atoms with E-state index in [0.717, 1.165) is 53.9 Å². The molecule has 2 aromatic carbocycles. The molecule has 1 saturated carbocycles. The molecule has 4 rings (SSSR count).